The summed E-state index contributed by atoms with van der Waals surface area (Å²) in [6, 6.07) is 13.5. The molecule has 5 rings (SSSR count). The van der Waals surface area contributed by atoms with Gasteiger partial charge < -0.3 is 8.98 Å². The van der Waals surface area contributed by atoms with Gasteiger partial charge in [0.25, 0.3) is 5.56 Å². The molecule has 0 aliphatic heterocycles. The molecule has 0 aliphatic rings. The van der Waals surface area contributed by atoms with E-state index in [1.165, 1.54) is 23.2 Å². The predicted octanol–water partition coefficient (Wildman–Crippen LogP) is 4.44. The zero-order valence-corrected chi connectivity index (χ0v) is 18.1. The van der Waals surface area contributed by atoms with Gasteiger partial charge in [-0.05, 0) is 42.5 Å². The van der Waals surface area contributed by atoms with E-state index >= 15 is 0 Å². The molecule has 0 fully saturated rings. The molecule has 11 heteroatoms. The van der Waals surface area contributed by atoms with E-state index in [4.69, 9.17) is 4.42 Å². The molecule has 0 saturated carbocycles. The summed E-state index contributed by atoms with van der Waals surface area (Å²) in [5, 5.41) is 3.09. The normalized spacial score (nSPS) is 11.9. The van der Waals surface area contributed by atoms with Crippen molar-refractivity contribution >= 4 is 33.8 Å². The summed E-state index contributed by atoms with van der Waals surface area (Å²) >= 11 is 0. The van der Waals surface area contributed by atoms with Crippen LogP contribution in [0.15, 0.2) is 76.4 Å². The molecule has 3 heterocycles. The third-order valence-electron chi connectivity index (χ3n) is 5.53. The molecule has 0 saturated heterocycles. The van der Waals surface area contributed by atoms with Gasteiger partial charge in [0, 0.05) is 13.0 Å². The number of imidazole rings is 1. The average Bonchev–Trinajstić information content (AvgIpc) is 3.46. The molecule has 35 heavy (non-hydrogen) atoms. The summed E-state index contributed by atoms with van der Waals surface area (Å²) in [6.07, 6.45) is -1.74. The fourth-order valence-electron chi connectivity index (χ4n) is 3.79. The van der Waals surface area contributed by atoms with Crippen LogP contribution in [0, 0.1) is 0 Å². The van der Waals surface area contributed by atoms with Crippen molar-refractivity contribution in [3.63, 3.8) is 0 Å². The Morgan fingerprint density at radius 3 is 2.66 bits per heavy atom. The first kappa shape index (κ1) is 22.4. The number of para-hydroxylation sites is 1. The third kappa shape index (κ3) is 4.52. The number of aryl methyl sites for hydroxylation is 1. The van der Waals surface area contributed by atoms with E-state index in [2.05, 4.69) is 15.3 Å². The molecular weight excluding hydrogens is 463 g/mol. The van der Waals surface area contributed by atoms with Gasteiger partial charge in [0.05, 0.1) is 46.6 Å². The van der Waals surface area contributed by atoms with Gasteiger partial charge in [0.15, 0.2) is 0 Å². The first-order valence-electron chi connectivity index (χ1n) is 10.6. The second kappa shape index (κ2) is 8.75. The second-order valence-corrected chi connectivity index (χ2v) is 7.86. The number of nitrogens with one attached hydrogen (secondary N) is 1. The van der Waals surface area contributed by atoms with Gasteiger partial charge >= 0.3 is 6.18 Å². The minimum absolute atomic E-state index is 0.0686. The molecule has 1 amide bonds. The van der Waals surface area contributed by atoms with Gasteiger partial charge in [-0.3, -0.25) is 19.5 Å². The van der Waals surface area contributed by atoms with E-state index in [0.717, 1.165) is 12.1 Å². The number of anilines is 1. The number of furan rings is 1. The number of carbonyl (C=O) groups excluding carboxylic acids is 1. The number of nitrogens with zero attached hydrogens (tertiary/aromatic N) is 4. The van der Waals surface area contributed by atoms with E-state index in [-0.39, 0.29) is 36.5 Å². The maximum atomic E-state index is 13.2. The Labute approximate surface area is 195 Å². The van der Waals surface area contributed by atoms with Crippen LogP contribution in [0.5, 0.6) is 0 Å². The Bertz CT molecular complexity index is 1590. The minimum Gasteiger partial charge on any atom is -0.467 e. The van der Waals surface area contributed by atoms with Gasteiger partial charge in [0.2, 0.25) is 11.9 Å². The van der Waals surface area contributed by atoms with Crippen LogP contribution < -0.4 is 10.9 Å². The molecular formula is C24H18F3N5O3. The summed E-state index contributed by atoms with van der Waals surface area (Å²) in [7, 11) is 0. The summed E-state index contributed by atoms with van der Waals surface area (Å²) in [4.78, 5) is 33.8. The Morgan fingerprint density at radius 1 is 1.06 bits per heavy atom. The van der Waals surface area contributed by atoms with Gasteiger partial charge in [-0.2, -0.15) is 13.2 Å². The minimum atomic E-state index is -4.52. The summed E-state index contributed by atoms with van der Waals surface area (Å²) in [6.45, 7) is 0.220. The zero-order chi connectivity index (χ0) is 24.6. The monoisotopic (exact) mass is 481 g/mol. The third-order valence-corrected chi connectivity index (χ3v) is 5.53. The highest BCUT2D eigenvalue weighted by Crippen LogP contribution is 2.32. The lowest BCUT2D eigenvalue weighted by molar-refractivity contribution is -0.137. The molecule has 0 bridgehead atoms. The van der Waals surface area contributed by atoms with Crippen molar-refractivity contribution in [1.29, 1.82) is 0 Å². The maximum absolute atomic E-state index is 13.2. The molecule has 3 aromatic heterocycles. The number of hydrogen-bond acceptors (Lipinski definition) is 5. The molecule has 0 radical (unpaired) electrons. The van der Waals surface area contributed by atoms with E-state index < -0.39 is 17.6 Å². The SMILES string of the molecule is O=C(CCn1cnc2ccccc2c1=O)Nc1nc2cc(C(F)(F)F)ccc2n1Cc1ccco1. The number of fused-ring (bicyclic) bond motifs is 2. The fraction of sp³-hybridized carbons (Fsp3) is 0.167. The number of alkyl halides is 3. The molecule has 178 valence electrons. The lowest BCUT2D eigenvalue weighted by Gasteiger charge is -2.10. The van der Waals surface area contributed by atoms with Gasteiger partial charge in [0.1, 0.15) is 5.76 Å². The highest BCUT2D eigenvalue weighted by molar-refractivity contribution is 5.91. The van der Waals surface area contributed by atoms with Gasteiger partial charge in [-0.25, -0.2) is 9.97 Å². The number of halogens is 3. The van der Waals surface area contributed by atoms with Crippen molar-refractivity contribution in [1.82, 2.24) is 19.1 Å². The molecule has 5 aromatic rings. The van der Waals surface area contributed by atoms with E-state index in [9.17, 15) is 22.8 Å². The van der Waals surface area contributed by atoms with Crippen LogP contribution in [-0.2, 0) is 24.1 Å². The van der Waals surface area contributed by atoms with Crippen LogP contribution in [0.4, 0.5) is 19.1 Å². The Kier molecular flexibility index (Phi) is 5.59. The maximum Gasteiger partial charge on any atom is 0.416 e. The Morgan fingerprint density at radius 2 is 1.89 bits per heavy atom. The standard InChI is InChI=1S/C24H18F3N5O3/c25-24(26,27)15-7-8-20-19(12-15)29-23(32(20)13-16-4-3-11-35-16)30-21(33)9-10-31-14-28-18-6-2-1-5-17(18)22(31)34/h1-8,11-12,14H,9-10,13H2,(H,29,30,33). The van der Waals surface area contributed by atoms with Crippen LogP contribution in [0.3, 0.4) is 0 Å². The molecule has 0 atom stereocenters. The van der Waals surface area contributed by atoms with Crippen molar-refractivity contribution in [2.45, 2.75) is 25.7 Å². The zero-order valence-electron chi connectivity index (χ0n) is 18.1. The number of benzene rings is 2. The van der Waals surface area contributed by atoms with Crippen LogP contribution in [0.1, 0.15) is 17.7 Å². The van der Waals surface area contributed by atoms with Crippen molar-refractivity contribution < 1.29 is 22.4 Å². The lowest BCUT2D eigenvalue weighted by atomic mass is 10.2. The highest BCUT2D eigenvalue weighted by atomic mass is 19.4. The predicted molar refractivity (Wildman–Crippen MR) is 122 cm³/mol. The van der Waals surface area contributed by atoms with E-state index in [0.29, 0.717) is 22.2 Å². The second-order valence-electron chi connectivity index (χ2n) is 7.86. The molecule has 0 spiro atoms. The van der Waals surface area contributed by atoms with E-state index in [1.54, 1.807) is 41.0 Å². The van der Waals surface area contributed by atoms with E-state index in [1.807, 2.05) is 0 Å². The van der Waals surface area contributed by atoms with Gasteiger partial charge in [-0.1, -0.05) is 12.1 Å². The van der Waals surface area contributed by atoms with Crippen LogP contribution in [0.25, 0.3) is 21.9 Å². The van der Waals surface area contributed by atoms with Crippen molar-refractivity contribution in [3.05, 3.63) is 88.9 Å². The van der Waals surface area contributed by atoms with Crippen molar-refractivity contribution in [3.8, 4) is 0 Å². The number of rotatable bonds is 6. The first-order chi connectivity index (χ1) is 16.8. The average molecular weight is 481 g/mol. The number of amides is 1. The largest absolute Gasteiger partial charge is 0.467 e. The topological polar surface area (TPSA) is 95.0 Å². The summed E-state index contributed by atoms with van der Waals surface area (Å²) in [5.74, 6) is 0.148. The number of carbonyl (C=O) groups is 1. The quantitative estimate of drug-likeness (QED) is 0.387. The first-order valence-corrected chi connectivity index (χ1v) is 10.6. The van der Waals surface area contributed by atoms with Gasteiger partial charge in [-0.15, -0.1) is 0 Å². The summed E-state index contributed by atoms with van der Waals surface area (Å²) in [5.41, 5.74) is -0.0683. The highest BCUT2D eigenvalue weighted by Gasteiger charge is 2.31. The lowest BCUT2D eigenvalue weighted by Crippen LogP contribution is -2.24. The number of aromatic nitrogens is 4. The summed E-state index contributed by atoms with van der Waals surface area (Å²) < 4.78 is 47.8. The van der Waals surface area contributed by atoms with Crippen LogP contribution >= 0.6 is 0 Å². The fourth-order valence-corrected chi connectivity index (χ4v) is 3.79. The number of hydrogen-bond donors (Lipinski definition) is 1. The van der Waals surface area contributed by atoms with Crippen molar-refractivity contribution in [2.75, 3.05) is 5.32 Å². The molecule has 1 N–H and O–H groups in total. The van der Waals surface area contributed by atoms with Crippen LogP contribution in [0.2, 0.25) is 0 Å². The Balaban J connectivity index is 1.40. The van der Waals surface area contributed by atoms with Crippen molar-refractivity contribution in [2.24, 2.45) is 0 Å². The molecule has 0 aliphatic carbocycles. The molecule has 2 aromatic carbocycles. The smallest absolute Gasteiger partial charge is 0.416 e. The molecule has 0 unspecified atom stereocenters. The molecule has 8 nitrogen and oxygen atoms in total. The Hall–Kier alpha value is -4.41. The van der Waals surface area contributed by atoms with Crippen LogP contribution in [-0.4, -0.2) is 25.0 Å².